The Morgan fingerprint density at radius 1 is 1.12 bits per heavy atom. The quantitative estimate of drug-likeness (QED) is 0.411. The fourth-order valence-corrected chi connectivity index (χ4v) is 4.36. The summed E-state index contributed by atoms with van der Waals surface area (Å²) in [6, 6.07) is 9.89. The number of amides is 1. The van der Waals surface area contributed by atoms with Crippen LogP contribution in [-0.4, -0.2) is 73.1 Å². The Balaban J connectivity index is 1.74. The summed E-state index contributed by atoms with van der Waals surface area (Å²) in [6.45, 7) is 5.43. The van der Waals surface area contributed by atoms with Gasteiger partial charge in [-0.1, -0.05) is 12.1 Å². The van der Waals surface area contributed by atoms with Gasteiger partial charge in [0.15, 0.2) is 0 Å². The molecule has 0 radical (unpaired) electrons. The lowest BCUT2D eigenvalue weighted by molar-refractivity contribution is -0.140. The van der Waals surface area contributed by atoms with Crippen molar-refractivity contribution < 1.29 is 28.6 Å². The Kier molecular flexibility index (Phi) is 6.76. The van der Waals surface area contributed by atoms with E-state index in [1.54, 1.807) is 37.4 Å². The van der Waals surface area contributed by atoms with E-state index in [0.717, 1.165) is 18.7 Å². The fourth-order valence-electron chi connectivity index (χ4n) is 4.36. The van der Waals surface area contributed by atoms with E-state index in [0.29, 0.717) is 43.2 Å². The molecule has 4 rings (SSSR count). The molecule has 2 aliphatic rings. The van der Waals surface area contributed by atoms with Gasteiger partial charge in [0, 0.05) is 31.7 Å². The first-order chi connectivity index (χ1) is 15.9. The molecule has 2 heterocycles. The number of carbonyl (C=O) groups is 2. The molecule has 8 heteroatoms. The molecule has 0 spiro atoms. The lowest BCUT2D eigenvalue weighted by Gasteiger charge is -2.31. The number of nitrogens with zero attached hydrogens (tertiary/aromatic N) is 2. The van der Waals surface area contributed by atoms with E-state index < -0.39 is 23.5 Å². The van der Waals surface area contributed by atoms with Crippen molar-refractivity contribution in [1.29, 1.82) is 0 Å². The molecular weight excluding hydrogens is 427 g/mol. The summed E-state index contributed by atoms with van der Waals surface area (Å²) in [7, 11) is 1.55. The average Bonchev–Trinajstić information content (AvgIpc) is 3.08. The first kappa shape index (κ1) is 22.9. The van der Waals surface area contributed by atoms with Gasteiger partial charge in [-0.15, -0.1) is 0 Å². The van der Waals surface area contributed by atoms with Gasteiger partial charge in [-0.05, 0) is 48.4 Å². The maximum absolute atomic E-state index is 13.6. The summed E-state index contributed by atoms with van der Waals surface area (Å²) < 4.78 is 24.3. The third kappa shape index (κ3) is 4.62. The van der Waals surface area contributed by atoms with Crippen molar-refractivity contribution in [1.82, 2.24) is 9.80 Å². The Hall–Kier alpha value is -3.23. The van der Waals surface area contributed by atoms with Crippen LogP contribution in [0.25, 0.3) is 5.76 Å². The van der Waals surface area contributed by atoms with E-state index in [4.69, 9.17) is 9.47 Å². The van der Waals surface area contributed by atoms with Crippen LogP contribution < -0.4 is 4.74 Å². The fraction of sp³-hybridized carbons (Fsp3) is 0.360. The van der Waals surface area contributed by atoms with E-state index in [2.05, 4.69) is 4.90 Å². The van der Waals surface area contributed by atoms with Gasteiger partial charge in [-0.3, -0.25) is 14.5 Å². The zero-order valence-corrected chi connectivity index (χ0v) is 18.7. The third-order valence-corrected chi connectivity index (χ3v) is 6.15. The van der Waals surface area contributed by atoms with Crippen molar-refractivity contribution in [2.45, 2.75) is 13.0 Å². The second kappa shape index (κ2) is 9.72. The summed E-state index contributed by atoms with van der Waals surface area (Å²) in [5, 5.41) is 11.2. The summed E-state index contributed by atoms with van der Waals surface area (Å²) in [5.74, 6) is -1.47. The van der Waals surface area contributed by atoms with Crippen LogP contribution in [0.15, 0.2) is 48.0 Å². The van der Waals surface area contributed by atoms with Gasteiger partial charge in [0.1, 0.15) is 17.3 Å². The molecular formula is C25H27FN2O5. The van der Waals surface area contributed by atoms with Crippen molar-refractivity contribution in [2.75, 3.05) is 46.5 Å². The zero-order valence-electron chi connectivity index (χ0n) is 18.7. The molecule has 2 aromatic rings. The molecule has 174 valence electrons. The number of likely N-dealkylation sites (tertiary alicyclic amines) is 1. The lowest BCUT2D eigenvalue weighted by Crippen LogP contribution is -2.42. The van der Waals surface area contributed by atoms with E-state index in [1.165, 1.54) is 17.0 Å². The minimum atomic E-state index is -0.811. The highest BCUT2D eigenvalue weighted by Gasteiger charge is 2.46. The van der Waals surface area contributed by atoms with Crippen LogP contribution in [0.5, 0.6) is 5.75 Å². The van der Waals surface area contributed by atoms with E-state index in [-0.39, 0.29) is 11.3 Å². The molecule has 1 atom stereocenters. The third-order valence-electron chi connectivity index (χ3n) is 6.15. The molecule has 2 aliphatic heterocycles. The summed E-state index contributed by atoms with van der Waals surface area (Å²) >= 11 is 0. The number of Topliss-reactive ketones (excluding diaryl/α,β-unsaturated/α-hetero) is 1. The molecule has 0 saturated carbocycles. The largest absolute Gasteiger partial charge is 0.507 e. The van der Waals surface area contributed by atoms with Crippen LogP contribution in [0.4, 0.5) is 4.39 Å². The molecule has 2 saturated heterocycles. The minimum absolute atomic E-state index is 0.00171. The number of aliphatic hydroxyl groups is 1. The Bertz CT molecular complexity index is 1080. The number of morpholine rings is 1. The maximum Gasteiger partial charge on any atom is 0.295 e. The van der Waals surface area contributed by atoms with Gasteiger partial charge in [-0.25, -0.2) is 4.39 Å². The number of hydrogen-bond acceptors (Lipinski definition) is 6. The number of benzene rings is 2. The Morgan fingerprint density at radius 3 is 2.45 bits per heavy atom. The first-order valence-corrected chi connectivity index (χ1v) is 10.9. The highest BCUT2D eigenvalue weighted by molar-refractivity contribution is 6.46. The number of ether oxygens (including phenoxy) is 2. The standard InChI is InChI=1S/C25H27FN2O5/c1-16-15-18(5-8-20(16)32-2)23(29)21-22(17-3-6-19(26)7-4-17)28(25(31)24(21)30)10-9-27-11-13-33-14-12-27/h3-8,15,22,29H,9-14H2,1-2H3/b23-21+/t22-/m0/s1. The molecule has 0 bridgehead atoms. The van der Waals surface area contributed by atoms with E-state index >= 15 is 0 Å². The lowest BCUT2D eigenvalue weighted by atomic mass is 9.94. The van der Waals surface area contributed by atoms with Crippen molar-refractivity contribution in [3.63, 3.8) is 0 Å². The normalized spacial score (nSPS) is 20.9. The first-order valence-electron chi connectivity index (χ1n) is 10.9. The van der Waals surface area contributed by atoms with Crippen LogP contribution in [0, 0.1) is 12.7 Å². The number of aryl methyl sites for hydroxylation is 1. The molecule has 0 aliphatic carbocycles. The van der Waals surface area contributed by atoms with Gasteiger partial charge in [-0.2, -0.15) is 0 Å². The average molecular weight is 454 g/mol. The van der Waals surface area contributed by atoms with Gasteiger partial charge < -0.3 is 19.5 Å². The molecule has 0 unspecified atom stereocenters. The molecule has 1 amide bonds. The van der Waals surface area contributed by atoms with Crippen LogP contribution in [0.1, 0.15) is 22.7 Å². The maximum atomic E-state index is 13.6. The van der Waals surface area contributed by atoms with Crippen LogP contribution >= 0.6 is 0 Å². The predicted molar refractivity (Wildman–Crippen MR) is 120 cm³/mol. The molecule has 2 aromatic carbocycles. The molecule has 33 heavy (non-hydrogen) atoms. The van der Waals surface area contributed by atoms with Crippen molar-refractivity contribution in [3.05, 3.63) is 70.5 Å². The summed E-state index contributed by atoms with van der Waals surface area (Å²) in [6.07, 6.45) is 0. The Labute approximate surface area is 192 Å². The molecule has 1 N–H and O–H groups in total. The van der Waals surface area contributed by atoms with Gasteiger partial charge in [0.05, 0.1) is 31.9 Å². The smallest absolute Gasteiger partial charge is 0.295 e. The SMILES string of the molecule is COc1ccc(/C(O)=C2\C(=O)C(=O)N(CCN3CCOCC3)[C@H]2c2ccc(F)cc2)cc1C. The topological polar surface area (TPSA) is 79.3 Å². The second-order valence-corrected chi connectivity index (χ2v) is 8.18. The van der Waals surface area contributed by atoms with Crippen LogP contribution in [-0.2, 0) is 14.3 Å². The molecule has 7 nitrogen and oxygen atoms in total. The predicted octanol–water partition coefficient (Wildman–Crippen LogP) is 2.90. The van der Waals surface area contributed by atoms with Crippen molar-refractivity contribution in [2.24, 2.45) is 0 Å². The van der Waals surface area contributed by atoms with Crippen LogP contribution in [0.3, 0.4) is 0 Å². The molecule has 0 aromatic heterocycles. The van der Waals surface area contributed by atoms with Gasteiger partial charge in [0.2, 0.25) is 0 Å². The number of methoxy groups -OCH3 is 1. The second-order valence-electron chi connectivity index (χ2n) is 8.18. The number of halogens is 1. The number of hydrogen-bond donors (Lipinski definition) is 1. The summed E-state index contributed by atoms with van der Waals surface area (Å²) in [4.78, 5) is 29.8. The van der Waals surface area contributed by atoms with E-state index in [1.807, 2.05) is 6.92 Å². The monoisotopic (exact) mass is 454 g/mol. The Morgan fingerprint density at radius 2 is 1.82 bits per heavy atom. The van der Waals surface area contributed by atoms with Crippen molar-refractivity contribution in [3.8, 4) is 5.75 Å². The van der Waals surface area contributed by atoms with Crippen LogP contribution in [0.2, 0.25) is 0 Å². The number of carbonyl (C=O) groups excluding carboxylic acids is 2. The van der Waals surface area contributed by atoms with E-state index in [9.17, 15) is 19.1 Å². The van der Waals surface area contributed by atoms with Gasteiger partial charge in [0.25, 0.3) is 11.7 Å². The zero-order chi connectivity index (χ0) is 23.5. The number of rotatable bonds is 6. The summed E-state index contributed by atoms with van der Waals surface area (Å²) in [5.41, 5.74) is 1.75. The highest BCUT2D eigenvalue weighted by atomic mass is 19.1. The number of aliphatic hydroxyl groups excluding tert-OH is 1. The molecule has 2 fully saturated rings. The highest BCUT2D eigenvalue weighted by Crippen LogP contribution is 2.39. The van der Waals surface area contributed by atoms with Gasteiger partial charge >= 0.3 is 0 Å². The number of ketones is 1. The minimum Gasteiger partial charge on any atom is -0.507 e. The van der Waals surface area contributed by atoms with Crippen molar-refractivity contribution >= 4 is 17.4 Å².